The fourth-order valence-electron chi connectivity index (χ4n) is 2.46. The first-order valence-corrected chi connectivity index (χ1v) is 8.16. The van der Waals surface area contributed by atoms with Crippen LogP contribution in [0, 0.1) is 0 Å². The fourth-order valence-corrected chi connectivity index (χ4v) is 2.46. The van der Waals surface area contributed by atoms with Crippen molar-refractivity contribution in [1.82, 2.24) is 15.3 Å². The maximum Gasteiger partial charge on any atom is 0.407 e. The third-order valence-corrected chi connectivity index (χ3v) is 3.94. The second-order valence-electron chi connectivity index (χ2n) is 6.15. The number of aromatic nitrogens is 2. The largest absolute Gasteiger partial charge is 0.453 e. The minimum atomic E-state index is -0.406. The number of ether oxygens (including phenoxy) is 1. The molecule has 1 heterocycles. The molecule has 6 heteroatoms. The molecule has 2 N–H and O–H groups in total. The Morgan fingerprint density at radius 1 is 1.21 bits per heavy atom. The lowest BCUT2D eigenvalue weighted by Gasteiger charge is -2.13. The van der Waals surface area contributed by atoms with E-state index in [1.807, 2.05) is 31.5 Å². The van der Waals surface area contributed by atoms with Gasteiger partial charge < -0.3 is 15.4 Å². The molecule has 0 spiro atoms. The number of carbonyl (C=O) groups excluding carboxylic acids is 1. The molecule has 0 aliphatic heterocycles. The van der Waals surface area contributed by atoms with E-state index in [-0.39, 0.29) is 6.04 Å². The molecule has 0 bridgehead atoms. The summed E-state index contributed by atoms with van der Waals surface area (Å²) in [5, 5.41) is 6.04. The van der Waals surface area contributed by atoms with Crippen molar-refractivity contribution >= 4 is 12.0 Å². The minimum absolute atomic E-state index is 0.0133. The first kappa shape index (κ1) is 16.2. The van der Waals surface area contributed by atoms with Gasteiger partial charge >= 0.3 is 6.09 Å². The van der Waals surface area contributed by atoms with E-state index in [1.54, 1.807) is 0 Å². The van der Waals surface area contributed by atoms with Gasteiger partial charge in [-0.25, -0.2) is 14.8 Å². The van der Waals surface area contributed by atoms with Crippen molar-refractivity contribution in [2.75, 3.05) is 12.4 Å². The molecule has 24 heavy (non-hydrogen) atoms. The highest BCUT2D eigenvalue weighted by molar-refractivity contribution is 5.67. The van der Waals surface area contributed by atoms with Crippen molar-refractivity contribution in [3.05, 3.63) is 42.2 Å². The quantitative estimate of drug-likeness (QED) is 0.853. The zero-order valence-corrected chi connectivity index (χ0v) is 14.0. The molecular weight excluding hydrogens is 304 g/mol. The van der Waals surface area contributed by atoms with Crippen molar-refractivity contribution in [2.24, 2.45) is 0 Å². The van der Waals surface area contributed by atoms with Gasteiger partial charge in [0, 0.05) is 30.0 Å². The third-order valence-electron chi connectivity index (χ3n) is 3.94. The van der Waals surface area contributed by atoms with Gasteiger partial charge in [-0.2, -0.15) is 0 Å². The fraction of sp³-hybridized carbons (Fsp3) is 0.389. The Kier molecular flexibility index (Phi) is 4.93. The van der Waals surface area contributed by atoms with E-state index >= 15 is 0 Å². The predicted molar refractivity (Wildman–Crippen MR) is 92.8 cm³/mol. The van der Waals surface area contributed by atoms with Crippen LogP contribution in [0.15, 0.2) is 36.7 Å². The second kappa shape index (κ2) is 7.29. The highest BCUT2D eigenvalue weighted by Crippen LogP contribution is 2.24. The Labute approximate surface area is 141 Å². The maximum atomic E-state index is 11.2. The van der Waals surface area contributed by atoms with Gasteiger partial charge in [-0.3, -0.25) is 0 Å². The smallest absolute Gasteiger partial charge is 0.407 e. The number of alkyl carbamates (subject to hydrolysis) is 1. The van der Waals surface area contributed by atoms with E-state index in [1.165, 1.54) is 20.0 Å². The van der Waals surface area contributed by atoms with Crippen molar-refractivity contribution in [3.8, 4) is 11.1 Å². The highest BCUT2D eigenvalue weighted by Gasteiger charge is 2.21. The zero-order valence-electron chi connectivity index (χ0n) is 14.0. The third kappa shape index (κ3) is 4.44. The molecule has 6 nitrogen and oxygen atoms in total. The summed E-state index contributed by atoms with van der Waals surface area (Å²) in [6.07, 6.45) is 6.43. The molecule has 1 aromatic carbocycles. The number of rotatable bonds is 6. The van der Waals surface area contributed by atoms with Gasteiger partial charge in [-0.15, -0.1) is 0 Å². The van der Waals surface area contributed by atoms with Gasteiger partial charge in [0.2, 0.25) is 5.95 Å². The average Bonchev–Trinajstić information content (AvgIpc) is 3.40. The molecule has 1 amide bonds. The van der Waals surface area contributed by atoms with Crippen LogP contribution in [0.2, 0.25) is 0 Å². The Morgan fingerprint density at radius 3 is 2.46 bits per heavy atom. The van der Waals surface area contributed by atoms with Crippen LogP contribution in [0.3, 0.4) is 0 Å². The van der Waals surface area contributed by atoms with E-state index < -0.39 is 6.09 Å². The lowest BCUT2D eigenvalue weighted by atomic mass is 10.0. The normalized spacial score (nSPS) is 14.8. The van der Waals surface area contributed by atoms with Gasteiger partial charge in [0.05, 0.1) is 7.11 Å². The van der Waals surface area contributed by atoms with E-state index in [0.29, 0.717) is 12.0 Å². The number of hydrogen-bond acceptors (Lipinski definition) is 5. The van der Waals surface area contributed by atoms with Crippen LogP contribution >= 0.6 is 0 Å². The Morgan fingerprint density at radius 2 is 1.88 bits per heavy atom. The van der Waals surface area contributed by atoms with Crippen LogP contribution in [0.1, 0.15) is 25.3 Å². The molecule has 1 fully saturated rings. The second-order valence-corrected chi connectivity index (χ2v) is 6.15. The lowest BCUT2D eigenvalue weighted by molar-refractivity contribution is 0.167. The number of carbonyl (C=O) groups is 1. The number of hydrogen-bond donors (Lipinski definition) is 2. The topological polar surface area (TPSA) is 76.1 Å². The summed E-state index contributed by atoms with van der Waals surface area (Å²) in [4.78, 5) is 19.9. The molecule has 2 aromatic rings. The number of benzene rings is 1. The van der Waals surface area contributed by atoms with Crippen molar-refractivity contribution in [3.63, 3.8) is 0 Å². The molecule has 1 aliphatic carbocycles. The standard InChI is InChI=1S/C18H22N4O2/c1-12(21-18(23)24-2)9-13-3-5-14(6-4-13)15-10-19-17(20-11-15)22-16-7-8-16/h3-6,10-12,16H,7-9H2,1-2H3,(H,21,23)(H,19,20,22). The van der Waals surface area contributed by atoms with Crippen molar-refractivity contribution < 1.29 is 9.53 Å². The Bertz CT molecular complexity index is 681. The molecule has 1 aromatic heterocycles. The summed E-state index contributed by atoms with van der Waals surface area (Å²) in [6.45, 7) is 1.95. The Balaban J connectivity index is 1.60. The molecular formula is C18H22N4O2. The molecule has 1 saturated carbocycles. The van der Waals surface area contributed by atoms with E-state index in [4.69, 9.17) is 0 Å². The lowest BCUT2D eigenvalue weighted by Crippen LogP contribution is -2.33. The summed E-state index contributed by atoms with van der Waals surface area (Å²) in [5.74, 6) is 0.695. The number of anilines is 1. The molecule has 126 valence electrons. The molecule has 1 unspecified atom stereocenters. The highest BCUT2D eigenvalue weighted by atomic mass is 16.5. The molecule has 0 saturated heterocycles. The SMILES string of the molecule is COC(=O)NC(C)Cc1ccc(-c2cnc(NC3CC3)nc2)cc1. The summed E-state index contributed by atoms with van der Waals surface area (Å²) in [7, 11) is 1.37. The Hall–Kier alpha value is -2.63. The summed E-state index contributed by atoms with van der Waals surface area (Å²) in [5.41, 5.74) is 3.21. The number of nitrogens with one attached hydrogen (secondary N) is 2. The van der Waals surface area contributed by atoms with Crippen LogP contribution in [-0.2, 0) is 11.2 Å². The molecule has 1 aliphatic rings. The summed E-state index contributed by atoms with van der Waals surface area (Å²) >= 11 is 0. The molecule has 3 rings (SSSR count). The van der Waals surface area contributed by atoms with Crippen LogP contribution in [0.4, 0.5) is 10.7 Å². The van der Waals surface area contributed by atoms with Gasteiger partial charge in [0.25, 0.3) is 0 Å². The molecule has 1 atom stereocenters. The summed E-state index contributed by atoms with van der Waals surface area (Å²) < 4.78 is 4.60. The van der Waals surface area contributed by atoms with Gasteiger partial charge in [0.15, 0.2) is 0 Å². The van der Waals surface area contributed by atoms with Crippen LogP contribution < -0.4 is 10.6 Å². The average molecular weight is 326 g/mol. The number of methoxy groups -OCH3 is 1. The van der Waals surface area contributed by atoms with Gasteiger partial charge in [0.1, 0.15) is 0 Å². The van der Waals surface area contributed by atoms with Gasteiger partial charge in [-0.05, 0) is 37.3 Å². The molecule has 0 radical (unpaired) electrons. The van der Waals surface area contributed by atoms with Gasteiger partial charge in [-0.1, -0.05) is 24.3 Å². The monoisotopic (exact) mass is 326 g/mol. The van der Waals surface area contributed by atoms with Crippen LogP contribution in [0.5, 0.6) is 0 Å². The minimum Gasteiger partial charge on any atom is -0.453 e. The first-order valence-electron chi connectivity index (χ1n) is 8.16. The first-order chi connectivity index (χ1) is 11.6. The summed E-state index contributed by atoms with van der Waals surface area (Å²) in [6, 6.07) is 8.78. The van der Waals surface area contributed by atoms with Crippen LogP contribution in [-0.4, -0.2) is 35.3 Å². The van der Waals surface area contributed by atoms with E-state index in [0.717, 1.165) is 23.1 Å². The van der Waals surface area contributed by atoms with E-state index in [9.17, 15) is 4.79 Å². The zero-order chi connectivity index (χ0) is 16.9. The predicted octanol–water partition coefficient (Wildman–Crippen LogP) is 3.00. The van der Waals surface area contributed by atoms with Crippen molar-refractivity contribution in [1.29, 1.82) is 0 Å². The van der Waals surface area contributed by atoms with Crippen molar-refractivity contribution in [2.45, 2.75) is 38.3 Å². The maximum absolute atomic E-state index is 11.2. The van der Waals surface area contributed by atoms with Crippen LogP contribution in [0.25, 0.3) is 11.1 Å². The van der Waals surface area contributed by atoms with E-state index in [2.05, 4.69) is 37.5 Å². The number of amides is 1. The number of nitrogens with zero attached hydrogens (tertiary/aromatic N) is 2.